The summed E-state index contributed by atoms with van der Waals surface area (Å²) in [6.07, 6.45) is 7.55. The molecule has 0 aromatic rings. The highest BCUT2D eigenvalue weighted by Gasteiger charge is 2.30. The van der Waals surface area contributed by atoms with Gasteiger partial charge >= 0.3 is 6.03 Å². The van der Waals surface area contributed by atoms with Crippen LogP contribution in [-0.4, -0.2) is 23.4 Å². The summed E-state index contributed by atoms with van der Waals surface area (Å²) in [5.41, 5.74) is 0.700. The van der Waals surface area contributed by atoms with E-state index in [2.05, 4.69) is 5.32 Å². The number of allylic oxidation sites excluding steroid dienone is 3. The second kappa shape index (κ2) is 3.05. The molecule has 1 fully saturated rings. The van der Waals surface area contributed by atoms with Gasteiger partial charge in [0.15, 0.2) is 0 Å². The monoisotopic (exact) mass is 178 g/mol. The zero-order valence-electron chi connectivity index (χ0n) is 7.12. The van der Waals surface area contributed by atoms with Crippen molar-refractivity contribution in [2.75, 3.05) is 6.54 Å². The van der Waals surface area contributed by atoms with E-state index in [0.29, 0.717) is 5.70 Å². The first-order valence-corrected chi connectivity index (χ1v) is 4.26. The average Bonchev–Trinajstić information content (AvgIpc) is 2.48. The number of hydrogen-bond donors (Lipinski definition) is 1. The number of carbonyl (C=O) groups excluding carboxylic acids is 2. The van der Waals surface area contributed by atoms with Crippen LogP contribution in [0.2, 0.25) is 0 Å². The molecule has 1 aliphatic carbocycles. The van der Waals surface area contributed by atoms with E-state index in [0.717, 1.165) is 12.8 Å². The van der Waals surface area contributed by atoms with Crippen molar-refractivity contribution in [2.24, 2.45) is 0 Å². The third-order valence-electron chi connectivity index (χ3n) is 2.08. The molecule has 1 aliphatic heterocycles. The number of imide groups is 1. The van der Waals surface area contributed by atoms with E-state index in [4.69, 9.17) is 0 Å². The summed E-state index contributed by atoms with van der Waals surface area (Å²) in [4.78, 5) is 23.6. The molecule has 2 aliphatic rings. The summed E-state index contributed by atoms with van der Waals surface area (Å²) >= 11 is 0. The van der Waals surface area contributed by atoms with Gasteiger partial charge in [-0.05, 0) is 18.9 Å². The molecule has 2 rings (SSSR count). The average molecular weight is 178 g/mol. The van der Waals surface area contributed by atoms with Crippen molar-refractivity contribution in [1.29, 1.82) is 0 Å². The lowest BCUT2D eigenvalue weighted by Crippen LogP contribution is -2.29. The number of nitrogens with zero attached hydrogens (tertiary/aromatic N) is 1. The van der Waals surface area contributed by atoms with Crippen LogP contribution in [0, 0.1) is 0 Å². The van der Waals surface area contributed by atoms with Crippen molar-refractivity contribution in [3.8, 4) is 0 Å². The molecule has 1 heterocycles. The molecule has 13 heavy (non-hydrogen) atoms. The zero-order chi connectivity index (χ0) is 9.26. The van der Waals surface area contributed by atoms with Crippen molar-refractivity contribution in [3.63, 3.8) is 0 Å². The Labute approximate surface area is 75.9 Å². The van der Waals surface area contributed by atoms with Crippen LogP contribution in [0.1, 0.15) is 12.8 Å². The van der Waals surface area contributed by atoms with E-state index in [-0.39, 0.29) is 18.5 Å². The van der Waals surface area contributed by atoms with Crippen molar-refractivity contribution in [2.45, 2.75) is 12.8 Å². The Balaban J connectivity index is 2.24. The Morgan fingerprint density at radius 2 is 2.15 bits per heavy atom. The van der Waals surface area contributed by atoms with E-state index < -0.39 is 0 Å². The fourth-order valence-electron chi connectivity index (χ4n) is 1.45. The Kier molecular flexibility index (Phi) is 1.88. The summed E-state index contributed by atoms with van der Waals surface area (Å²) in [7, 11) is 0. The zero-order valence-corrected chi connectivity index (χ0v) is 7.12. The van der Waals surface area contributed by atoms with Crippen LogP contribution < -0.4 is 5.32 Å². The van der Waals surface area contributed by atoms with Crippen LogP contribution in [0.25, 0.3) is 0 Å². The van der Waals surface area contributed by atoms with Gasteiger partial charge in [-0.25, -0.2) is 9.69 Å². The van der Waals surface area contributed by atoms with Crippen LogP contribution in [0.3, 0.4) is 0 Å². The maximum Gasteiger partial charge on any atom is 0.329 e. The van der Waals surface area contributed by atoms with Gasteiger partial charge in [-0.2, -0.15) is 0 Å². The standard InChI is InChI=1S/C9H10N2O2/c12-8-6-10-9(13)11(8)7-4-2-1-3-5-7/h2,4-5H,1,3,6H2,(H,10,13). The predicted molar refractivity (Wildman–Crippen MR) is 46.7 cm³/mol. The van der Waals surface area contributed by atoms with Gasteiger partial charge in [0.25, 0.3) is 5.91 Å². The van der Waals surface area contributed by atoms with Crippen molar-refractivity contribution < 1.29 is 9.59 Å². The molecule has 0 atom stereocenters. The van der Waals surface area contributed by atoms with Gasteiger partial charge in [-0.3, -0.25) is 4.79 Å². The van der Waals surface area contributed by atoms with Crippen molar-refractivity contribution in [3.05, 3.63) is 23.9 Å². The first-order valence-electron chi connectivity index (χ1n) is 4.26. The minimum absolute atomic E-state index is 0.115. The van der Waals surface area contributed by atoms with Gasteiger partial charge in [0.1, 0.15) is 0 Å². The topological polar surface area (TPSA) is 49.4 Å². The molecule has 0 radical (unpaired) electrons. The first-order chi connectivity index (χ1) is 6.29. The maximum atomic E-state index is 11.3. The van der Waals surface area contributed by atoms with Gasteiger partial charge in [0.05, 0.1) is 6.54 Å². The van der Waals surface area contributed by atoms with Crippen LogP contribution in [0.15, 0.2) is 23.9 Å². The molecule has 68 valence electrons. The molecule has 3 amide bonds. The van der Waals surface area contributed by atoms with Gasteiger partial charge < -0.3 is 5.32 Å². The Morgan fingerprint density at radius 3 is 2.69 bits per heavy atom. The molecule has 0 aromatic carbocycles. The van der Waals surface area contributed by atoms with E-state index in [9.17, 15) is 9.59 Å². The molecule has 0 unspecified atom stereocenters. The third-order valence-corrected chi connectivity index (χ3v) is 2.08. The maximum absolute atomic E-state index is 11.3. The SMILES string of the molecule is O=C1CNC(=O)N1C1=CCCC=C1. The third kappa shape index (κ3) is 1.35. The van der Waals surface area contributed by atoms with Crippen LogP contribution in [0.5, 0.6) is 0 Å². The van der Waals surface area contributed by atoms with E-state index in [1.807, 2.05) is 18.2 Å². The lowest BCUT2D eigenvalue weighted by atomic mass is 10.1. The smallest absolute Gasteiger partial charge is 0.328 e. The summed E-state index contributed by atoms with van der Waals surface area (Å²) in [6, 6.07) is -0.317. The predicted octanol–water partition coefficient (Wildman–Crippen LogP) is 0.772. The van der Waals surface area contributed by atoms with Crippen LogP contribution in [0.4, 0.5) is 4.79 Å². The molecule has 4 heteroatoms. The Bertz CT molecular complexity index is 302. The second-order valence-corrected chi connectivity index (χ2v) is 3.00. The molecule has 0 bridgehead atoms. The molecule has 4 nitrogen and oxygen atoms in total. The molecule has 1 saturated heterocycles. The normalized spacial score (nSPS) is 21.8. The van der Waals surface area contributed by atoms with E-state index in [1.54, 1.807) is 0 Å². The quantitative estimate of drug-likeness (QED) is 0.603. The summed E-state index contributed by atoms with van der Waals surface area (Å²) in [6.45, 7) is 0.115. The minimum Gasteiger partial charge on any atom is -0.328 e. The Morgan fingerprint density at radius 1 is 1.31 bits per heavy atom. The molecule has 0 saturated carbocycles. The largest absolute Gasteiger partial charge is 0.329 e. The molecule has 1 N–H and O–H groups in total. The van der Waals surface area contributed by atoms with Crippen LogP contribution >= 0.6 is 0 Å². The Hall–Kier alpha value is -1.58. The number of amides is 3. The first kappa shape index (κ1) is 8.04. The highest BCUT2D eigenvalue weighted by Crippen LogP contribution is 2.16. The number of urea groups is 1. The van der Waals surface area contributed by atoms with Crippen molar-refractivity contribution >= 4 is 11.9 Å². The van der Waals surface area contributed by atoms with E-state index in [1.165, 1.54) is 4.90 Å². The summed E-state index contributed by atoms with van der Waals surface area (Å²) in [5.74, 6) is -0.178. The molecule has 0 spiro atoms. The molecule has 0 aromatic heterocycles. The molecular weight excluding hydrogens is 168 g/mol. The lowest BCUT2D eigenvalue weighted by Gasteiger charge is -2.15. The number of rotatable bonds is 1. The second-order valence-electron chi connectivity index (χ2n) is 3.00. The fourth-order valence-corrected chi connectivity index (χ4v) is 1.45. The fraction of sp³-hybridized carbons (Fsp3) is 0.333. The number of nitrogens with one attached hydrogen (secondary N) is 1. The summed E-state index contributed by atoms with van der Waals surface area (Å²) in [5, 5.41) is 2.48. The van der Waals surface area contributed by atoms with Gasteiger partial charge in [-0.1, -0.05) is 12.2 Å². The van der Waals surface area contributed by atoms with Gasteiger partial charge in [0, 0.05) is 5.70 Å². The summed E-state index contributed by atoms with van der Waals surface area (Å²) < 4.78 is 0. The highest BCUT2D eigenvalue weighted by molar-refractivity contribution is 6.04. The van der Waals surface area contributed by atoms with Crippen molar-refractivity contribution in [1.82, 2.24) is 10.2 Å². The van der Waals surface area contributed by atoms with Gasteiger partial charge in [-0.15, -0.1) is 0 Å². The lowest BCUT2D eigenvalue weighted by molar-refractivity contribution is -0.123. The highest BCUT2D eigenvalue weighted by atomic mass is 16.2. The van der Waals surface area contributed by atoms with E-state index >= 15 is 0 Å². The van der Waals surface area contributed by atoms with Gasteiger partial charge in [0.2, 0.25) is 0 Å². The number of carbonyl (C=O) groups is 2. The molecular formula is C9H10N2O2. The number of hydrogen-bond acceptors (Lipinski definition) is 2. The minimum atomic E-state index is -0.317. The van der Waals surface area contributed by atoms with Crippen LogP contribution in [-0.2, 0) is 4.79 Å².